The summed E-state index contributed by atoms with van der Waals surface area (Å²) in [6.45, 7) is 2.36. The number of nitrogens with zero attached hydrogens (tertiary/aromatic N) is 1. The lowest BCUT2D eigenvalue weighted by Crippen LogP contribution is -2.43. The molecule has 5 nitrogen and oxygen atoms in total. The monoisotopic (exact) mass is 312 g/mol. The summed E-state index contributed by atoms with van der Waals surface area (Å²) in [7, 11) is 0. The van der Waals surface area contributed by atoms with Gasteiger partial charge >= 0.3 is 0 Å². The number of hydrogen-bond acceptors (Lipinski definition) is 3. The summed E-state index contributed by atoms with van der Waals surface area (Å²) in [6, 6.07) is 0.686. The van der Waals surface area contributed by atoms with Crippen molar-refractivity contribution in [3.05, 3.63) is 23.8 Å². The van der Waals surface area contributed by atoms with Crippen LogP contribution in [0.5, 0.6) is 5.75 Å². The zero-order chi connectivity index (χ0) is 16.3. The van der Waals surface area contributed by atoms with Crippen LogP contribution in [0.2, 0.25) is 0 Å². The number of carbonyl (C=O) groups is 2. The number of phenolic OH excluding ortho intramolecular Hbond substituents is 1. The van der Waals surface area contributed by atoms with Crippen LogP contribution in [-0.2, 0) is 9.59 Å². The van der Waals surface area contributed by atoms with E-state index in [4.69, 9.17) is 0 Å². The quantitative estimate of drug-likeness (QED) is 0.839. The summed E-state index contributed by atoms with van der Waals surface area (Å²) < 4.78 is 26.4. The third kappa shape index (κ3) is 3.35. The Hall–Kier alpha value is -2.18. The first-order valence-electron chi connectivity index (χ1n) is 7.22. The summed E-state index contributed by atoms with van der Waals surface area (Å²) in [5, 5.41) is 11.8. The van der Waals surface area contributed by atoms with Gasteiger partial charge in [-0.05, 0) is 19.3 Å². The molecule has 0 aliphatic carbocycles. The second-order valence-corrected chi connectivity index (χ2v) is 5.27. The highest BCUT2D eigenvalue weighted by molar-refractivity contribution is 5.98. The molecule has 120 valence electrons. The van der Waals surface area contributed by atoms with Gasteiger partial charge in [-0.3, -0.25) is 9.59 Å². The summed E-state index contributed by atoms with van der Waals surface area (Å²) in [4.78, 5) is 25.7. The smallest absolute Gasteiger partial charge is 0.247 e. The maximum atomic E-state index is 13.3. The largest absolute Gasteiger partial charge is 0.503 e. The Labute approximate surface area is 126 Å². The van der Waals surface area contributed by atoms with E-state index in [1.54, 1.807) is 0 Å². The molecule has 22 heavy (non-hydrogen) atoms. The van der Waals surface area contributed by atoms with E-state index in [1.807, 2.05) is 6.92 Å². The number of nitrogens with one attached hydrogen (secondary N) is 1. The van der Waals surface area contributed by atoms with Crippen molar-refractivity contribution in [2.24, 2.45) is 0 Å². The number of anilines is 1. The van der Waals surface area contributed by atoms with Gasteiger partial charge < -0.3 is 15.3 Å². The molecule has 0 radical (unpaired) electrons. The van der Waals surface area contributed by atoms with Crippen LogP contribution in [0.4, 0.5) is 14.5 Å². The van der Waals surface area contributed by atoms with Gasteiger partial charge in [0.1, 0.15) is 11.9 Å². The van der Waals surface area contributed by atoms with Gasteiger partial charge in [0.2, 0.25) is 11.8 Å². The molecule has 7 heteroatoms. The van der Waals surface area contributed by atoms with Gasteiger partial charge in [0.25, 0.3) is 0 Å². The predicted molar refractivity (Wildman–Crippen MR) is 76.3 cm³/mol. The van der Waals surface area contributed by atoms with E-state index in [2.05, 4.69) is 5.32 Å². The van der Waals surface area contributed by atoms with E-state index in [0.29, 0.717) is 38.3 Å². The summed E-state index contributed by atoms with van der Waals surface area (Å²) in [6.07, 6.45) is 2.21. The average Bonchev–Trinajstić information content (AvgIpc) is 2.94. The average molecular weight is 312 g/mol. The maximum Gasteiger partial charge on any atom is 0.247 e. The molecule has 1 atom stereocenters. The summed E-state index contributed by atoms with van der Waals surface area (Å²) >= 11 is 0. The first-order valence-corrected chi connectivity index (χ1v) is 7.22. The molecule has 1 aliphatic heterocycles. The van der Waals surface area contributed by atoms with Crippen molar-refractivity contribution in [2.75, 3.05) is 11.9 Å². The Morgan fingerprint density at radius 1 is 1.41 bits per heavy atom. The molecule has 1 aromatic rings. The first-order chi connectivity index (χ1) is 10.4. The van der Waals surface area contributed by atoms with Gasteiger partial charge in [0.05, 0.1) is 5.69 Å². The molecule has 0 spiro atoms. The molecule has 1 heterocycles. The van der Waals surface area contributed by atoms with Crippen molar-refractivity contribution in [3.63, 3.8) is 0 Å². The highest BCUT2D eigenvalue weighted by Crippen LogP contribution is 2.29. The van der Waals surface area contributed by atoms with Crippen molar-refractivity contribution in [1.29, 1.82) is 0 Å². The van der Waals surface area contributed by atoms with E-state index in [9.17, 15) is 23.5 Å². The fraction of sp³-hybridized carbons (Fsp3) is 0.467. The van der Waals surface area contributed by atoms with E-state index in [-0.39, 0.29) is 11.6 Å². The zero-order valence-electron chi connectivity index (χ0n) is 12.2. The topological polar surface area (TPSA) is 69.6 Å². The third-order valence-corrected chi connectivity index (χ3v) is 3.63. The van der Waals surface area contributed by atoms with Crippen LogP contribution in [-0.4, -0.2) is 34.4 Å². The molecule has 1 aliphatic rings. The molecule has 0 saturated carbocycles. The van der Waals surface area contributed by atoms with E-state index in [1.165, 1.54) is 4.90 Å². The first kappa shape index (κ1) is 16.2. The SMILES string of the molecule is CCCC(=O)N1CCCC1C(=O)Nc1cc(F)cc(F)c1O. The molecule has 1 saturated heterocycles. The van der Waals surface area contributed by atoms with E-state index < -0.39 is 29.3 Å². The zero-order valence-corrected chi connectivity index (χ0v) is 12.2. The van der Waals surface area contributed by atoms with Gasteiger partial charge in [-0.25, -0.2) is 8.78 Å². The molecular weight excluding hydrogens is 294 g/mol. The lowest BCUT2D eigenvalue weighted by molar-refractivity contribution is -0.136. The Morgan fingerprint density at radius 2 is 2.14 bits per heavy atom. The molecular formula is C15H18F2N2O3. The highest BCUT2D eigenvalue weighted by atomic mass is 19.1. The standard InChI is InChI=1S/C15H18F2N2O3/c1-2-4-13(20)19-6-3-5-12(19)15(22)18-11-8-9(16)7-10(17)14(11)21/h7-8,12,21H,2-6H2,1H3,(H,18,22). The number of likely N-dealkylation sites (tertiary alicyclic amines) is 1. The van der Waals surface area contributed by atoms with Gasteiger partial charge in [-0.1, -0.05) is 6.92 Å². The Bertz CT molecular complexity index is 592. The summed E-state index contributed by atoms with van der Waals surface area (Å²) in [5.74, 6) is -3.55. The van der Waals surface area contributed by atoms with E-state index >= 15 is 0 Å². The minimum absolute atomic E-state index is 0.116. The number of amides is 2. The molecule has 1 fully saturated rings. The lowest BCUT2D eigenvalue weighted by Gasteiger charge is -2.24. The lowest BCUT2D eigenvalue weighted by atomic mass is 10.2. The van der Waals surface area contributed by atoms with Crippen molar-refractivity contribution in [3.8, 4) is 5.75 Å². The van der Waals surface area contributed by atoms with Gasteiger partial charge in [0, 0.05) is 25.1 Å². The van der Waals surface area contributed by atoms with Gasteiger partial charge in [-0.15, -0.1) is 0 Å². The second-order valence-electron chi connectivity index (χ2n) is 5.27. The van der Waals surface area contributed by atoms with Crippen LogP contribution in [0.3, 0.4) is 0 Å². The van der Waals surface area contributed by atoms with Crippen molar-refractivity contribution < 1.29 is 23.5 Å². The van der Waals surface area contributed by atoms with Gasteiger partial charge in [0.15, 0.2) is 11.6 Å². The van der Waals surface area contributed by atoms with Crippen LogP contribution < -0.4 is 5.32 Å². The predicted octanol–water partition coefficient (Wildman–Crippen LogP) is 2.40. The third-order valence-electron chi connectivity index (χ3n) is 3.63. The highest BCUT2D eigenvalue weighted by Gasteiger charge is 2.34. The molecule has 2 rings (SSSR count). The van der Waals surface area contributed by atoms with Gasteiger partial charge in [-0.2, -0.15) is 0 Å². The van der Waals surface area contributed by atoms with Crippen LogP contribution in [0, 0.1) is 11.6 Å². The number of halogens is 2. The Morgan fingerprint density at radius 3 is 2.82 bits per heavy atom. The minimum Gasteiger partial charge on any atom is -0.503 e. The van der Waals surface area contributed by atoms with Crippen LogP contribution in [0.15, 0.2) is 12.1 Å². The maximum absolute atomic E-state index is 13.3. The Kier molecular flexibility index (Phi) is 4.95. The number of rotatable bonds is 4. The number of hydrogen-bond donors (Lipinski definition) is 2. The van der Waals surface area contributed by atoms with Crippen molar-refractivity contribution >= 4 is 17.5 Å². The molecule has 0 aromatic heterocycles. The minimum atomic E-state index is -1.15. The van der Waals surface area contributed by atoms with E-state index in [0.717, 1.165) is 6.07 Å². The molecule has 2 amide bonds. The van der Waals surface area contributed by atoms with Crippen LogP contribution in [0.25, 0.3) is 0 Å². The number of aromatic hydroxyl groups is 1. The second kappa shape index (κ2) is 6.72. The molecule has 1 unspecified atom stereocenters. The van der Waals surface area contributed by atoms with Crippen molar-refractivity contribution in [2.45, 2.75) is 38.6 Å². The fourth-order valence-electron chi connectivity index (χ4n) is 2.57. The van der Waals surface area contributed by atoms with Crippen molar-refractivity contribution in [1.82, 2.24) is 4.90 Å². The molecule has 2 N–H and O–H groups in total. The molecule has 1 aromatic carbocycles. The van der Waals surface area contributed by atoms with Crippen LogP contribution >= 0.6 is 0 Å². The van der Waals surface area contributed by atoms with Crippen LogP contribution in [0.1, 0.15) is 32.6 Å². The number of phenols is 1. The molecule has 0 bridgehead atoms. The summed E-state index contributed by atoms with van der Waals surface area (Å²) in [5.41, 5.74) is -0.336. The Balaban J connectivity index is 2.13. The number of benzene rings is 1. The fourth-order valence-corrected chi connectivity index (χ4v) is 2.57. The number of carbonyl (C=O) groups excluding carboxylic acids is 2. The normalized spacial score (nSPS) is 17.6.